The number of halogens is 1. The fourth-order valence-corrected chi connectivity index (χ4v) is 5.01. The number of piperidine rings is 1. The number of hydrogen-bond acceptors (Lipinski definition) is 5. The Labute approximate surface area is 180 Å². The first-order valence-electron chi connectivity index (χ1n) is 10.3. The third-order valence-corrected chi connectivity index (χ3v) is 6.82. The van der Waals surface area contributed by atoms with Gasteiger partial charge in [-0.05, 0) is 43.0 Å². The normalized spacial score (nSPS) is 22.2. The molecule has 2 unspecified atom stereocenters. The lowest BCUT2D eigenvalue weighted by Crippen LogP contribution is -2.43. The number of aryl methyl sites for hydroxylation is 1. The minimum Gasteiger partial charge on any atom is -0.297 e. The van der Waals surface area contributed by atoms with E-state index in [9.17, 15) is 14.0 Å². The van der Waals surface area contributed by atoms with Crippen molar-refractivity contribution in [3.63, 3.8) is 0 Å². The summed E-state index contributed by atoms with van der Waals surface area (Å²) in [6.45, 7) is 2.73. The second kappa shape index (κ2) is 8.86. The summed E-state index contributed by atoms with van der Waals surface area (Å²) in [5.74, 6) is -0.205. The minimum absolute atomic E-state index is 0.0298. The Morgan fingerprint density at radius 1 is 1.23 bits per heavy atom. The van der Waals surface area contributed by atoms with Crippen molar-refractivity contribution in [3.05, 3.63) is 59.2 Å². The van der Waals surface area contributed by atoms with Gasteiger partial charge in [0.1, 0.15) is 5.82 Å². The number of ketones is 1. The van der Waals surface area contributed by atoms with Gasteiger partial charge >= 0.3 is 0 Å². The molecule has 2 fully saturated rings. The summed E-state index contributed by atoms with van der Waals surface area (Å²) >= 11 is 1.32. The van der Waals surface area contributed by atoms with Crippen molar-refractivity contribution in [2.75, 3.05) is 13.1 Å². The highest BCUT2D eigenvalue weighted by atomic mass is 32.2. The van der Waals surface area contributed by atoms with Gasteiger partial charge in [0.2, 0.25) is 0 Å². The Hall–Kier alpha value is -2.25. The molecule has 0 radical (unpaired) electrons. The van der Waals surface area contributed by atoms with Gasteiger partial charge in [-0.1, -0.05) is 30.0 Å². The maximum Gasteiger partial charge on any atom is 0.186 e. The molecule has 0 amide bonds. The Bertz CT molecular complexity index is 982. The molecule has 0 N–H and O–H groups in total. The highest BCUT2D eigenvalue weighted by Gasteiger charge is 2.41. The number of likely N-dealkylation sites (tertiary alicyclic amines) is 1. The van der Waals surface area contributed by atoms with Crippen LogP contribution in [0.2, 0.25) is 0 Å². The average molecular weight is 428 g/mol. The van der Waals surface area contributed by atoms with Crippen LogP contribution < -0.4 is 0 Å². The van der Waals surface area contributed by atoms with E-state index in [4.69, 9.17) is 0 Å². The third-order valence-electron chi connectivity index (χ3n) is 5.67. The van der Waals surface area contributed by atoms with Crippen LogP contribution in [0.25, 0.3) is 6.08 Å². The Morgan fingerprint density at radius 3 is 2.63 bits per heavy atom. The molecule has 1 saturated heterocycles. The molecule has 1 aromatic heterocycles. The number of thioether (sulfide) groups is 1. The zero-order valence-electron chi connectivity index (χ0n) is 17.3. The molecule has 2 atom stereocenters. The molecule has 158 valence electrons. The molecule has 1 aliphatic heterocycles. The number of hydrogen-bond donors (Lipinski definition) is 0. The topological polar surface area (TPSA) is 55.2 Å². The lowest BCUT2D eigenvalue weighted by Gasteiger charge is -2.38. The van der Waals surface area contributed by atoms with Crippen LogP contribution in [0.4, 0.5) is 4.39 Å². The van der Waals surface area contributed by atoms with Crippen LogP contribution in [-0.4, -0.2) is 43.9 Å². The van der Waals surface area contributed by atoms with Gasteiger partial charge in [-0.15, -0.1) is 0 Å². The second-order valence-corrected chi connectivity index (χ2v) is 9.47. The molecule has 1 aliphatic carbocycles. The van der Waals surface area contributed by atoms with Gasteiger partial charge in [-0.25, -0.2) is 4.39 Å². The van der Waals surface area contributed by atoms with Gasteiger partial charge < -0.3 is 0 Å². The highest BCUT2D eigenvalue weighted by Crippen LogP contribution is 2.40. The number of carbonyl (C=O) groups excluding carboxylic acids is 2. The van der Waals surface area contributed by atoms with Crippen LogP contribution in [0.3, 0.4) is 0 Å². The lowest BCUT2D eigenvalue weighted by atomic mass is 9.93. The van der Waals surface area contributed by atoms with E-state index in [2.05, 4.69) is 10.00 Å². The molecular weight excluding hydrogens is 401 g/mol. The molecular formula is C23H26FN3O2S. The van der Waals surface area contributed by atoms with Crippen molar-refractivity contribution in [2.24, 2.45) is 13.0 Å². The largest absolute Gasteiger partial charge is 0.297 e. The summed E-state index contributed by atoms with van der Waals surface area (Å²) in [6.07, 6.45) is 6.38. The van der Waals surface area contributed by atoms with Gasteiger partial charge in [0.05, 0.1) is 11.7 Å². The van der Waals surface area contributed by atoms with E-state index in [1.807, 2.05) is 25.4 Å². The maximum atomic E-state index is 14.7. The van der Waals surface area contributed by atoms with E-state index >= 15 is 0 Å². The SMILES string of the molecule is CC(=O)SC1CCN(C(C(=O)C2CC2)c2ccccc2F)CC1=Cc1ccn(C)n1. The van der Waals surface area contributed by atoms with E-state index < -0.39 is 6.04 Å². The van der Waals surface area contributed by atoms with Crippen LogP contribution in [0.1, 0.15) is 43.5 Å². The van der Waals surface area contributed by atoms with Gasteiger partial charge in [0, 0.05) is 50.0 Å². The van der Waals surface area contributed by atoms with Crippen LogP contribution in [0, 0.1) is 11.7 Å². The number of rotatable bonds is 6. The lowest BCUT2D eigenvalue weighted by molar-refractivity contribution is -0.126. The predicted molar refractivity (Wildman–Crippen MR) is 116 cm³/mol. The molecule has 2 heterocycles. The highest BCUT2D eigenvalue weighted by molar-refractivity contribution is 8.14. The average Bonchev–Trinajstić information content (AvgIpc) is 3.47. The van der Waals surface area contributed by atoms with E-state index in [-0.39, 0.29) is 27.9 Å². The summed E-state index contributed by atoms with van der Waals surface area (Å²) in [4.78, 5) is 27.1. The van der Waals surface area contributed by atoms with Gasteiger partial charge in [0.25, 0.3) is 0 Å². The molecule has 30 heavy (non-hydrogen) atoms. The summed E-state index contributed by atoms with van der Waals surface area (Å²) in [5.41, 5.74) is 2.31. The van der Waals surface area contributed by atoms with Crippen molar-refractivity contribution in [3.8, 4) is 0 Å². The van der Waals surface area contributed by atoms with Crippen molar-refractivity contribution in [1.82, 2.24) is 14.7 Å². The predicted octanol–water partition coefficient (Wildman–Crippen LogP) is 4.02. The van der Waals surface area contributed by atoms with Crippen LogP contribution in [-0.2, 0) is 16.6 Å². The fourth-order valence-electron chi connectivity index (χ4n) is 4.10. The first kappa shape index (κ1) is 21.0. The Balaban J connectivity index is 1.66. The quantitative estimate of drug-likeness (QED) is 0.697. The Kier molecular flexibility index (Phi) is 6.20. The summed E-state index contributed by atoms with van der Waals surface area (Å²) in [7, 11) is 1.86. The van der Waals surface area contributed by atoms with Crippen LogP contribution in [0.5, 0.6) is 0 Å². The van der Waals surface area contributed by atoms with Gasteiger partial charge in [0.15, 0.2) is 10.9 Å². The first-order chi connectivity index (χ1) is 14.4. The molecule has 4 rings (SSSR count). The molecule has 1 aromatic carbocycles. The minimum atomic E-state index is -0.589. The number of Topliss-reactive ketones (excluding diaryl/α,β-unsaturated/α-hetero) is 1. The van der Waals surface area contributed by atoms with Crippen molar-refractivity contribution in [2.45, 2.75) is 37.5 Å². The van der Waals surface area contributed by atoms with Crippen LogP contribution >= 0.6 is 11.8 Å². The van der Waals surface area contributed by atoms with Crippen LogP contribution in [0.15, 0.2) is 42.1 Å². The number of nitrogens with zero attached hydrogens (tertiary/aromatic N) is 3. The fraction of sp³-hybridized carbons (Fsp3) is 0.435. The zero-order chi connectivity index (χ0) is 21.3. The molecule has 5 nitrogen and oxygen atoms in total. The molecule has 2 aromatic rings. The van der Waals surface area contributed by atoms with Gasteiger partial charge in [-0.3, -0.25) is 19.2 Å². The smallest absolute Gasteiger partial charge is 0.186 e. The maximum absolute atomic E-state index is 14.7. The molecule has 2 aliphatic rings. The second-order valence-electron chi connectivity index (χ2n) is 8.09. The number of carbonyl (C=O) groups is 2. The summed E-state index contributed by atoms with van der Waals surface area (Å²) in [5, 5.41) is 4.54. The van der Waals surface area contributed by atoms with E-state index in [0.717, 1.165) is 30.5 Å². The standard InChI is InChI=1S/C23H26FN3O2S/c1-15(28)30-21-10-12-27(14-17(21)13-18-9-11-26(2)25-18)22(23(29)16-7-8-16)19-5-3-4-6-20(19)24/h3-6,9,11,13,16,21-22H,7-8,10,12,14H2,1-2H3. The van der Waals surface area contributed by atoms with E-state index in [1.54, 1.807) is 29.8 Å². The van der Waals surface area contributed by atoms with Gasteiger partial charge in [-0.2, -0.15) is 5.10 Å². The number of benzene rings is 1. The molecule has 0 bridgehead atoms. The van der Waals surface area contributed by atoms with Crippen molar-refractivity contribution < 1.29 is 14.0 Å². The monoisotopic (exact) mass is 427 g/mol. The summed E-state index contributed by atoms with van der Waals surface area (Å²) in [6, 6.07) is 7.91. The van der Waals surface area contributed by atoms with E-state index in [1.165, 1.54) is 17.8 Å². The summed E-state index contributed by atoms with van der Waals surface area (Å²) < 4.78 is 16.4. The number of aromatic nitrogens is 2. The molecule has 1 saturated carbocycles. The van der Waals surface area contributed by atoms with Crippen molar-refractivity contribution in [1.29, 1.82) is 0 Å². The van der Waals surface area contributed by atoms with Crippen molar-refractivity contribution >= 4 is 28.7 Å². The molecule has 0 spiro atoms. The first-order valence-corrected chi connectivity index (χ1v) is 11.2. The molecule has 7 heteroatoms. The Morgan fingerprint density at radius 2 is 2.00 bits per heavy atom. The van der Waals surface area contributed by atoms with E-state index in [0.29, 0.717) is 18.7 Å². The zero-order valence-corrected chi connectivity index (χ0v) is 18.1. The third kappa shape index (κ3) is 4.73.